The Morgan fingerprint density at radius 1 is 1.29 bits per heavy atom. The van der Waals surface area contributed by atoms with E-state index in [9.17, 15) is 9.59 Å². The number of amides is 1. The van der Waals surface area contributed by atoms with Crippen molar-refractivity contribution in [3.63, 3.8) is 0 Å². The number of carbonyl (C=O) groups excluding carboxylic acids is 1. The highest BCUT2D eigenvalue weighted by Gasteiger charge is 2.27. The van der Waals surface area contributed by atoms with E-state index in [1.165, 1.54) is 10.8 Å². The molecule has 0 spiro atoms. The zero-order chi connectivity index (χ0) is 17.1. The van der Waals surface area contributed by atoms with Crippen LogP contribution in [-0.4, -0.2) is 46.7 Å². The summed E-state index contributed by atoms with van der Waals surface area (Å²) in [4.78, 5) is 28.4. The van der Waals surface area contributed by atoms with Crippen LogP contribution in [0.2, 0.25) is 0 Å². The standard InChI is InChI=1S/C17H21N3O4/c1-19-13(10-18-17(19)22)16(21)20-9-5-6-12(11-20)24-15-8-4-3-7-14(15)23-2/h3-4,7-8,10,12H,5-6,9,11H2,1-2H3,(H,18,22)/t12-/m0/s1. The molecule has 1 N–H and O–H groups in total. The van der Waals surface area contributed by atoms with Gasteiger partial charge in [-0.2, -0.15) is 0 Å². The van der Waals surface area contributed by atoms with Crippen molar-refractivity contribution in [2.45, 2.75) is 18.9 Å². The number of H-pyrrole nitrogens is 1. The molecule has 1 saturated heterocycles. The van der Waals surface area contributed by atoms with E-state index in [2.05, 4.69) is 4.98 Å². The van der Waals surface area contributed by atoms with E-state index in [1.807, 2.05) is 24.3 Å². The maximum Gasteiger partial charge on any atom is 0.325 e. The summed E-state index contributed by atoms with van der Waals surface area (Å²) in [5, 5.41) is 0. The van der Waals surface area contributed by atoms with Crippen molar-refractivity contribution >= 4 is 5.91 Å². The number of carbonyl (C=O) groups is 1. The fourth-order valence-electron chi connectivity index (χ4n) is 2.91. The minimum absolute atomic E-state index is 0.102. The van der Waals surface area contributed by atoms with Crippen LogP contribution in [0.15, 0.2) is 35.3 Å². The molecule has 0 unspecified atom stereocenters. The lowest BCUT2D eigenvalue weighted by Crippen LogP contribution is -2.45. The third kappa shape index (κ3) is 3.15. The van der Waals surface area contributed by atoms with E-state index in [0.29, 0.717) is 30.3 Å². The Bertz CT molecular complexity index is 780. The topological polar surface area (TPSA) is 76.6 Å². The first kappa shape index (κ1) is 16.2. The van der Waals surface area contributed by atoms with Gasteiger partial charge in [0, 0.05) is 19.8 Å². The van der Waals surface area contributed by atoms with Gasteiger partial charge in [-0.1, -0.05) is 12.1 Å². The summed E-state index contributed by atoms with van der Waals surface area (Å²) >= 11 is 0. The number of nitrogens with one attached hydrogen (secondary N) is 1. The molecule has 7 heteroatoms. The molecule has 0 aliphatic carbocycles. The predicted molar refractivity (Wildman–Crippen MR) is 88.6 cm³/mol. The van der Waals surface area contributed by atoms with Crippen molar-refractivity contribution < 1.29 is 14.3 Å². The average molecular weight is 331 g/mol. The molecule has 2 aromatic rings. The van der Waals surface area contributed by atoms with Gasteiger partial charge in [-0.25, -0.2) is 4.79 Å². The summed E-state index contributed by atoms with van der Waals surface area (Å²) in [6.07, 6.45) is 3.07. The van der Waals surface area contributed by atoms with Gasteiger partial charge in [0.2, 0.25) is 0 Å². The number of imidazole rings is 1. The number of aromatic amines is 1. The second kappa shape index (κ2) is 6.82. The molecule has 1 aromatic carbocycles. The van der Waals surface area contributed by atoms with Crippen molar-refractivity contribution in [2.24, 2.45) is 7.05 Å². The van der Waals surface area contributed by atoms with Gasteiger partial charge in [0.05, 0.1) is 13.7 Å². The summed E-state index contributed by atoms with van der Waals surface area (Å²) in [7, 11) is 3.18. The van der Waals surface area contributed by atoms with Crippen molar-refractivity contribution in [1.82, 2.24) is 14.5 Å². The van der Waals surface area contributed by atoms with Crippen LogP contribution in [0.25, 0.3) is 0 Å². The van der Waals surface area contributed by atoms with Crippen LogP contribution in [-0.2, 0) is 7.05 Å². The van der Waals surface area contributed by atoms with Crippen molar-refractivity contribution in [1.29, 1.82) is 0 Å². The number of ether oxygens (including phenoxy) is 2. The minimum atomic E-state index is -0.294. The molecule has 1 atom stereocenters. The zero-order valence-corrected chi connectivity index (χ0v) is 13.8. The highest BCUT2D eigenvalue weighted by molar-refractivity contribution is 5.92. The number of piperidine rings is 1. The highest BCUT2D eigenvalue weighted by Crippen LogP contribution is 2.28. The van der Waals surface area contributed by atoms with Crippen LogP contribution in [0.4, 0.5) is 0 Å². The molecule has 2 heterocycles. The number of para-hydroxylation sites is 2. The summed E-state index contributed by atoms with van der Waals surface area (Å²) in [5.41, 5.74) is 0.0649. The molecule has 3 rings (SSSR count). The summed E-state index contributed by atoms with van der Waals surface area (Å²) in [6, 6.07) is 7.47. The number of hydrogen-bond acceptors (Lipinski definition) is 4. The molecule has 1 aliphatic rings. The quantitative estimate of drug-likeness (QED) is 0.919. The van der Waals surface area contributed by atoms with Crippen LogP contribution >= 0.6 is 0 Å². The molecule has 7 nitrogen and oxygen atoms in total. The maximum atomic E-state index is 12.6. The van der Waals surface area contributed by atoms with Crippen molar-refractivity contribution in [2.75, 3.05) is 20.2 Å². The lowest BCUT2D eigenvalue weighted by Gasteiger charge is -2.33. The summed E-state index contributed by atoms with van der Waals surface area (Å²) < 4.78 is 12.7. The lowest BCUT2D eigenvalue weighted by molar-refractivity contribution is 0.0523. The normalized spacial score (nSPS) is 17.6. The van der Waals surface area contributed by atoms with Gasteiger partial charge in [0.15, 0.2) is 11.5 Å². The molecule has 24 heavy (non-hydrogen) atoms. The number of methoxy groups -OCH3 is 1. The second-order valence-electron chi connectivity index (χ2n) is 5.82. The number of nitrogens with zero attached hydrogens (tertiary/aromatic N) is 2. The van der Waals surface area contributed by atoms with Gasteiger partial charge in [0.1, 0.15) is 11.8 Å². The molecule has 1 amide bonds. The van der Waals surface area contributed by atoms with Gasteiger partial charge >= 0.3 is 5.69 Å². The first-order valence-corrected chi connectivity index (χ1v) is 7.93. The third-order valence-corrected chi connectivity index (χ3v) is 4.25. The van der Waals surface area contributed by atoms with Crippen molar-refractivity contribution in [3.05, 3.63) is 46.6 Å². The maximum absolute atomic E-state index is 12.6. The van der Waals surface area contributed by atoms with E-state index < -0.39 is 0 Å². The van der Waals surface area contributed by atoms with E-state index in [0.717, 1.165) is 12.8 Å². The number of rotatable bonds is 4. The SMILES string of the molecule is COc1ccccc1O[C@H]1CCCN(C(=O)c2c[nH]c(=O)n2C)C1. The highest BCUT2D eigenvalue weighted by atomic mass is 16.5. The Morgan fingerprint density at radius 2 is 2.04 bits per heavy atom. The number of hydrogen-bond donors (Lipinski definition) is 1. The Labute approximate surface area is 139 Å². The van der Waals surface area contributed by atoms with Gasteiger partial charge in [-0.3, -0.25) is 9.36 Å². The molecule has 0 bridgehead atoms. The first-order valence-electron chi connectivity index (χ1n) is 7.93. The molecule has 1 fully saturated rings. The fraction of sp³-hybridized carbons (Fsp3) is 0.412. The van der Waals surface area contributed by atoms with Gasteiger partial charge in [0.25, 0.3) is 5.91 Å². The molecule has 128 valence electrons. The van der Waals surface area contributed by atoms with Crippen LogP contribution in [0.3, 0.4) is 0 Å². The number of benzene rings is 1. The van der Waals surface area contributed by atoms with E-state index >= 15 is 0 Å². The van der Waals surface area contributed by atoms with Crippen molar-refractivity contribution in [3.8, 4) is 11.5 Å². The number of aromatic nitrogens is 2. The zero-order valence-electron chi connectivity index (χ0n) is 13.8. The molecule has 1 aliphatic heterocycles. The van der Waals surface area contributed by atoms with Crippen LogP contribution in [0.1, 0.15) is 23.3 Å². The van der Waals surface area contributed by atoms with Crippen LogP contribution in [0, 0.1) is 0 Å². The summed E-state index contributed by atoms with van der Waals surface area (Å²) in [5.74, 6) is 1.19. The second-order valence-corrected chi connectivity index (χ2v) is 5.82. The smallest absolute Gasteiger partial charge is 0.325 e. The number of likely N-dealkylation sites (tertiary alicyclic amines) is 1. The summed E-state index contributed by atoms with van der Waals surface area (Å²) in [6.45, 7) is 1.14. The third-order valence-electron chi connectivity index (χ3n) is 4.25. The molecule has 1 aromatic heterocycles. The predicted octanol–water partition coefficient (Wildman–Crippen LogP) is 1.41. The van der Waals surface area contributed by atoms with Gasteiger partial charge in [-0.05, 0) is 25.0 Å². The molecular formula is C17H21N3O4. The van der Waals surface area contributed by atoms with E-state index in [-0.39, 0.29) is 17.7 Å². The minimum Gasteiger partial charge on any atom is -0.493 e. The average Bonchev–Trinajstić information content (AvgIpc) is 2.94. The van der Waals surface area contributed by atoms with Gasteiger partial charge < -0.3 is 19.4 Å². The largest absolute Gasteiger partial charge is 0.493 e. The Hall–Kier alpha value is -2.70. The van der Waals surface area contributed by atoms with E-state index in [1.54, 1.807) is 19.1 Å². The van der Waals surface area contributed by atoms with Gasteiger partial charge in [-0.15, -0.1) is 0 Å². The first-order chi connectivity index (χ1) is 11.6. The van der Waals surface area contributed by atoms with E-state index in [4.69, 9.17) is 9.47 Å². The van der Waals surface area contributed by atoms with Crippen LogP contribution < -0.4 is 15.2 Å². The Morgan fingerprint density at radius 3 is 2.71 bits per heavy atom. The van der Waals surface area contributed by atoms with Crippen LogP contribution in [0.5, 0.6) is 11.5 Å². The lowest BCUT2D eigenvalue weighted by atomic mass is 10.1. The fourth-order valence-corrected chi connectivity index (χ4v) is 2.91. The molecule has 0 saturated carbocycles. The Balaban J connectivity index is 1.71. The Kier molecular flexibility index (Phi) is 4.59. The molecular weight excluding hydrogens is 310 g/mol. The molecule has 0 radical (unpaired) electrons. The monoisotopic (exact) mass is 331 g/mol.